The zero-order chi connectivity index (χ0) is 22.5. The third kappa shape index (κ3) is 5.25. The molecule has 2 heterocycles. The van der Waals surface area contributed by atoms with Crippen molar-refractivity contribution in [2.45, 2.75) is 18.6 Å². The molecule has 8 heteroatoms. The van der Waals surface area contributed by atoms with E-state index in [0.29, 0.717) is 29.4 Å². The maximum atomic E-state index is 12.9. The zero-order valence-electron chi connectivity index (χ0n) is 17.3. The Morgan fingerprint density at radius 1 is 1.16 bits per heavy atom. The molecule has 1 fully saturated rings. The predicted octanol–water partition coefficient (Wildman–Crippen LogP) is 3.36. The van der Waals surface area contributed by atoms with Crippen LogP contribution in [0.2, 0.25) is 5.02 Å². The summed E-state index contributed by atoms with van der Waals surface area (Å²) >= 11 is 5.98. The molecular weight excluding hydrogens is 428 g/mol. The predicted molar refractivity (Wildman–Crippen MR) is 123 cm³/mol. The smallest absolute Gasteiger partial charge is 0.254 e. The van der Waals surface area contributed by atoms with Crippen LogP contribution in [0, 0.1) is 0 Å². The molecular formula is C24H23ClN4O3. The molecule has 0 aliphatic carbocycles. The van der Waals surface area contributed by atoms with E-state index in [1.165, 1.54) is 6.20 Å². The molecule has 32 heavy (non-hydrogen) atoms. The van der Waals surface area contributed by atoms with Crippen LogP contribution in [-0.4, -0.2) is 36.0 Å². The molecule has 1 saturated heterocycles. The number of ether oxygens (including phenoxy) is 1. The summed E-state index contributed by atoms with van der Waals surface area (Å²) in [7, 11) is 0. The van der Waals surface area contributed by atoms with Crippen molar-refractivity contribution in [2.24, 2.45) is 0 Å². The number of hydrogen-bond donors (Lipinski definition) is 3. The van der Waals surface area contributed by atoms with Crippen LogP contribution in [0.1, 0.15) is 28.4 Å². The number of nitrogens with two attached hydrogens (primary N) is 1. The van der Waals surface area contributed by atoms with Crippen LogP contribution in [0.4, 0.5) is 5.82 Å². The fourth-order valence-corrected chi connectivity index (χ4v) is 3.66. The Labute approximate surface area is 190 Å². The Balaban J connectivity index is 1.40. The monoisotopic (exact) mass is 450 g/mol. The molecule has 2 aromatic carbocycles. The molecule has 1 aliphatic rings. The first-order chi connectivity index (χ1) is 15.5. The number of benzene rings is 2. The fourth-order valence-electron chi connectivity index (χ4n) is 3.53. The van der Waals surface area contributed by atoms with Gasteiger partial charge in [0.2, 0.25) is 0 Å². The number of nitrogens with one attached hydrogen (secondary N) is 2. The molecule has 164 valence electrons. The zero-order valence-corrected chi connectivity index (χ0v) is 18.0. The minimum absolute atomic E-state index is 0.232. The lowest BCUT2D eigenvalue weighted by molar-refractivity contribution is -0.131. The number of carbonyl (C=O) groups is 2. The SMILES string of the molecule is Nc1ccc(C(=O)NC[C@@H]2CCO[C@@H](c3cccc(-c4ccc(Cl)cc4)c3)C(=O)N2)cn1. The molecule has 7 nitrogen and oxygen atoms in total. The quantitative estimate of drug-likeness (QED) is 0.552. The van der Waals surface area contributed by atoms with Gasteiger partial charge >= 0.3 is 0 Å². The molecule has 4 N–H and O–H groups in total. The van der Waals surface area contributed by atoms with Gasteiger partial charge in [0.15, 0.2) is 6.10 Å². The minimum atomic E-state index is -0.718. The minimum Gasteiger partial charge on any atom is -0.384 e. The summed E-state index contributed by atoms with van der Waals surface area (Å²) in [6.45, 7) is 0.675. The van der Waals surface area contributed by atoms with Crippen molar-refractivity contribution >= 4 is 29.2 Å². The Morgan fingerprint density at radius 3 is 2.72 bits per heavy atom. The topological polar surface area (TPSA) is 106 Å². The van der Waals surface area contributed by atoms with Gasteiger partial charge < -0.3 is 21.1 Å². The molecule has 0 radical (unpaired) electrons. The van der Waals surface area contributed by atoms with Crippen LogP contribution in [0.15, 0.2) is 66.9 Å². The van der Waals surface area contributed by atoms with Crippen LogP contribution in [0.5, 0.6) is 0 Å². The Kier molecular flexibility index (Phi) is 6.68. The van der Waals surface area contributed by atoms with Crippen molar-refractivity contribution in [3.63, 3.8) is 0 Å². The lowest BCUT2D eigenvalue weighted by Crippen LogP contribution is -2.44. The van der Waals surface area contributed by atoms with E-state index in [1.807, 2.05) is 48.5 Å². The highest BCUT2D eigenvalue weighted by molar-refractivity contribution is 6.30. The number of nitrogens with zero attached hydrogens (tertiary/aromatic N) is 1. The number of nitrogen functional groups attached to an aromatic ring is 1. The van der Waals surface area contributed by atoms with E-state index in [-0.39, 0.29) is 24.4 Å². The van der Waals surface area contributed by atoms with E-state index in [9.17, 15) is 9.59 Å². The van der Waals surface area contributed by atoms with Crippen LogP contribution in [-0.2, 0) is 9.53 Å². The lowest BCUT2D eigenvalue weighted by atomic mass is 10.0. The lowest BCUT2D eigenvalue weighted by Gasteiger charge is -2.18. The molecule has 4 rings (SSSR count). The van der Waals surface area contributed by atoms with E-state index in [1.54, 1.807) is 12.1 Å². The number of amides is 2. The number of hydrogen-bond acceptors (Lipinski definition) is 5. The highest BCUT2D eigenvalue weighted by atomic mass is 35.5. The average molecular weight is 451 g/mol. The Morgan fingerprint density at radius 2 is 1.97 bits per heavy atom. The molecule has 3 aromatic rings. The largest absolute Gasteiger partial charge is 0.384 e. The van der Waals surface area contributed by atoms with Gasteiger partial charge in [-0.05, 0) is 53.4 Å². The summed E-state index contributed by atoms with van der Waals surface area (Å²) in [5.74, 6) is -0.158. The van der Waals surface area contributed by atoms with Crippen LogP contribution in [0.25, 0.3) is 11.1 Å². The van der Waals surface area contributed by atoms with Crippen molar-refractivity contribution < 1.29 is 14.3 Å². The number of pyridine rings is 1. The van der Waals surface area contributed by atoms with Gasteiger partial charge in [0.05, 0.1) is 12.2 Å². The molecule has 0 saturated carbocycles. The van der Waals surface area contributed by atoms with Crippen molar-refractivity contribution in [2.75, 3.05) is 18.9 Å². The van der Waals surface area contributed by atoms with Gasteiger partial charge in [-0.15, -0.1) is 0 Å². The van der Waals surface area contributed by atoms with Crippen LogP contribution in [0.3, 0.4) is 0 Å². The van der Waals surface area contributed by atoms with Crippen LogP contribution < -0.4 is 16.4 Å². The second-order valence-corrected chi connectivity index (χ2v) is 8.00. The number of rotatable bonds is 5. The van der Waals surface area contributed by atoms with Gasteiger partial charge in [-0.25, -0.2) is 4.98 Å². The van der Waals surface area contributed by atoms with Crippen molar-refractivity contribution in [1.82, 2.24) is 15.6 Å². The molecule has 2 amide bonds. The molecule has 0 spiro atoms. The maximum Gasteiger partial charge on any atom is 0.254 e. The van der Waals surface area contributed by atoms with Gasteiger partial charge in [-0.1, -0.05) is 41.9 Å². The van der Waals surface area contributed by atoms with Crippen molar-refractivity contribution in [3.05, 3.63) is 83.0 Å². The molecule has 1 aliphatic heterocycles. The van der Waals surface area contributed by atoms with Crippen molar-refractivity contribution in [3.8, 4) is 11.1 Å². The van der Waals surface area contributed by atoms with Gasteiger partial charge in [0.1, 0.15) is 5.82 Å². The van der Waals surface area contributed by atoms with E-state index in [2.05, 4.69) is 15.6 Å². The third-order valence-corrected chi connectivity index (χ3v) is 5.51. The van der Waals surface area contributed by atoms with E-state index in [4.69, 9.17) is 22.1 Å². The van der Waals surface area contributed by atoms with E-state index >= 15 is 0 Å². The molecule has 0 bridgehead atoms. The first kappa shape index (κ1) is 21.8. The number of aromatic nitrogens is 1. The van der Waals surface area contributed by atoms with E-state index < -0.39 is 6.10 Å². The first-order valence-corrected chi connectivity index (χ1v) is 10.6. The Hall–Kier alpha value is -3.42. The summed E-state index contributed by atoms with van der Waals surface area (Å²) < 4.78 is 5.88. The normalized spacial score (nSPS) is 18.5. The molecule has 0 unspecified atom stereocenters. The summed E-state index contributed by atoms with van der Waals surface area (Å²) in [5, 5.41) is 6.47. The van der Waals surface area contributed by atoms with Crippen molar-refractivity contribution in [1.29, 1.82) is 0 Å². The summed E-state index contributed by atoms with van der Waals surface area (Å²) in [4.78, 5) is 29.1. The first-order valence-electron chi connectivity index (χ1n) is 10.3. The Bertz CT molecular complexity index is 1100. The van der Waals surface area contributed by atoms with Gasteiger partial charge in [-0.2, -0.15) is 0 Å². The fraction of sp³-hybridized carbons (Fsp3) is 0.208. The third-order valence-electron chi connectivity index (χ3n) is 5.26. The molecule has 2 atom stereocenters. The van der Waals surface area contributed by atoms with Gasteiger partial charge in [0, 0.05) is 23.8 Å². The van der Waals surface area contributed by atoms with Gasteiger partial charge in [0.25, 0.3) is 11.8 Å². The average Bonchev–Trinajstić information content (AvgIpc) is 2.99. The highest BCUT2D eigenvalue weighted by Gasteiger charge is 2.28. The number of anilines is 1. The molecule has 1 aromatic heterocycles. The second kappa shape index (κ2) is 9.80. The maximum absolute atomic E-state index is 12.9. The summed E-state index contributed by atoms with van der Waals surface area (Å²) in [6, 6.07) is 18.2. The van der Waals surface area contributed by atoms with Gasteiger partial charge in [-0.3, -0.25) is 9.59 Å². The van der Waals surface area contributed by atoms with E-state index in [0.717, 1.165) is 16.7 Å². The second-order valence-electron chi connectivity index (χ2n) is 7.56. The standard InChI is InChI=1S/C24H23ClN4O3/c25-19-7-4-15(5-8-19)16-2-1-3-17(12-16)22-24(31)29-20(10-11-32-22)14-28-23(30)18-6-9-21(26)27-13-18/h1-9,12-13,20,22H,10-11,14H2,(H2,26,27)(H,28,30)(H,29,31)/t20-,22-/m0/s1. The number of halogens is 1. The summed E-state index contributed by atoms with van der Waals surface area (Å²) in [5.41, 5.74) is 8.71. The highest BCUT2D eigenvalue weighted by Crippen LogP contribution is 2.27. The summed E-state index contributed by atoms with van der Waals surface area (Å²) in [6.07, 6.45) is 1.28. The number of carbonyl (C=O) groups excluding carboxylic acids is 2. The van der Waals surface area contributed by atoms with Crippen LogP contribution >= 0.6 is 11.6 Å².